The normalized spacial score (nSPS) is 11.0. The third kappa shape index (κ3) is 5.16. The average molecular weight is 415 g/mol. The molecule has 3 aromatic rings. The summed E-state index contributed by atoms with van der Waals surface area (Å²) < 4.78 is 19.8. The highest BCUT2D eigenvalue weighted by Crippen LogP contribution is 2.11. The number of aromatic amines is 1. The molecule has 2 N–H and O–H groups in total. The molecule has 6 nitrogen and oxygen atoms in total. The molecule has 1 heterocycles. The van der Waals surface area contributed by atoms with Gasteiger partial charge in [0, 0.05) is 32.4 Å². The molecule has 1 amide bonds. The van der Waals surface area contributed by atoms with Gasteiger partial charge in [-0.2, -0.15) is 0 Å². The lowest BCUT2D eigenvalue weighted by molar-refractivity contribution is 0.0954. The van der Waals surface area contributed by atoms with Crippen LogP contribution in [-0.4, -0.2) is 35.7 Å². The minimum absolute atomic E-state index is 0.192. The van der Waals surface area contributed by atoms with Crippen LogP contribution in [0.3, 0.4) is 0 Å². The molecular weight excluding hydrogens is 393 g/mol. The number of carbonyl (C=O) groups is 1. The quantitative estimate of drug-likeness (QED) is 0.438. The molecule has 0 bridgehead atoms. The second-order valence-corrected chi connectivity index (χ2v) is 7.01. The summed E-state index contributed by atoms with van der Waals surface area (Å²) in [6.45, 7) is 1.42. The Morgan fingerprint density at radius 1 is 1.24 bits per heavy atom. The second kappa shape index (κ2) is 9.58. The lowest BCUT2D eigenvalue weighted by Crippen LogP contribution is -2.26. The SMILES string of the molecule is COCCCn1c(=S)[nH]c2cc(C(=O)NCCc3ccc(F)cc3)ccc2c1=O. The number of methoxy groups -OCH3 is 1. The maximum absolute atomic E-state index is 12.9. The fraction of sp³-hybridized carbons (Fsp3) is 0.286. The Morgan fingerprint density at radius 2 is 2.00 bits per heavy atom. The molecule has 0 aliphatic carbocycles. The van der Waals surface area contributed by atoms with Crippen LogP contribution < -0.4 is 10.9 Å². The van der Waals surface area contributed by atoms with Crippen LogP contribution in [0.1, 0.15) is 22.3 Å². The van der Waals surface area contributed by atoms with Gasteiger partial charge in [0.2, 0.25) is 0 Å². The number of benzene rings is 2. The van der Waals surface area contributed by atoms with E-state index in [0.29, 0.717) is 53.8 Å². The first-order valence-electron chi connectivity index (χ1n) is 9.28. The van der Waals surface area contributed by atoms with E-state index in [4.69, 9.17) is 17.0 Å². The summed E-state index contributed by atoms with van der Waals surface area (Å²) in [6, 6.07) is 11.0. The Balaban J connectivity index is 1.72. The minimum atomic E-state index is -0.288. The van der Waals surface area contributed by atoms with Crippen LogP contribution in [0, 0.1) is 10.6 Å². The number of hydrogen-bond acceptors (Lipinski definition) is 4. The fourth-order valence-electron chi connectivity index (χ4n) is 3.04. The second-order valence-electron chi connectivity index (χ2n) is 6.63. The highest BCUT2D eigenvalue weighted by molar-refractivity contribution is 7.71. The van der Waals surface area contributed by atoms with Crippen LogP contribution in [0.25, 0.3) is 10.9 Å². The van der Waals surface area contributed by atoms with Crippen LogP contribution >= 0.6 is 12.2 Å². The van der Waals surface area contributed by atoms with Crippen molar-refractivity contribution in [2.45, 2.75) is 19.4 Å². The van der Waals surface area contributed by atoms with E-state index in [-0.39, 0.29) is 17.3 Å². The van der Waals surface area contributed by atoms with E-state index in [9.17, 15) is 14.0 Å². The largest absolute Gasteiger partial charge is 0.385 e. The molecule has 0 fully saturated rings. The summed E-state index contributed by atoms with van der Waals surface area (Å²) in [5.41, 5.74) is 1.69. The van der Waals surface area contributed by atoms with Crippen molar-refractivity contribution in [2.24, 2.45) is 0 Å². The first-order chi connectivity index (χ1) is 14.0. The van der Waals surface area contributed by atoms with Crippen molar-refractivity contribution in [1.82, 2.24) is 14.9 Å². The van der Waals surface area contributed by atoms with E-state index in [0.717, 1.165) is 5.56 Å². The molecular formula is C21H22FN3O3S. The van der Waals surface area contributed by atoms with E-state index < -0.39 is 0 Å². The molecule has 3 rings (SSSR count). The number of fused-ring (bicyclic) bond motifs is 1. The first-order valence-corrected chi connectivity index (χ1v) is 9.69. The Labute approximate surface area is 172 Å². The van der Waals surface area contributed by atoms with Gasteiger partial charge in [0.05, 0.1) is 10.9 Å². The van der Waals surface area contributed by atoms with Crippen molar-refractivity contribution in [3.05, 3.63) is 74.5 Å². The molecule has 2 aromatic carbocycles. The number of H-pyrrole nitrogens is 1. The number of ether oxygens (including phenoxy) is 1. The number of rotatable bonds is 8. The van der Waals surface area contributed by atoms with Crippen molar-refractivity contribution in [2.75, 3.05) is 20.3 Å². The van der Waals surface area contributed by atoms with Crippen molar-refractivity contribution >= 4 is 29.0 Å². The predicted octanol–water partition coefficient (Wildman–Crippen LogP) is 3.21. The molecule has 29 heavy (non-hydrogen) atoms. The summed E-state index contributed by atoms with van der Waals surface area (Å²) in [5, 5.41) is 3.30. The van der Waals surface area contributed by atoms with Crippen LogP contribution in [0.2, 0.25) is 0 Å². The van der Waals surface area contributed by atoms with Gasteiger partial charge in [0.25, 0.3) is 11.5 Å². The van der Waals surface area contributed by atoms with E-state index in [1.807, 2.05) is 0 Å². The van der Waals surface area contributed by atoms with Gasteiger partial charge in [-0.1, -0.05) is 12.1 Å². The molecule has 8 heteroatoms. The zero-order valence-electron chi connectivity index (χ0n) is 16.0. The third-order valence-corrected chi connectivity index (χ3v) is 4.91. The topological polar surface area (TPSA) is 76.1 Å². The van der Waals surface area contributed by atoms with E-state index in [1.54, 1.807) is 37.4 Å². The zero-order valence-corrected chi connectivity index (χ0v) is 16.9. The minimum Gasteiger partial charge on any atom is -0.385 e. The molecule has 0 atom stereocenters. The average Bonchev–Trinajstić information content (AvgIpc) is 2.71. The Hall–Kier alpha value is -2.84. The molecule has 152 valence electrons. The molecule has 1 aromatic heterocycles. The van der Waals surface area contributed by atoms with Gasteiger partial charge in [-0.3, -0.25) is 14.2 Å². The summed E-state index contributed by atoms with van der Waals surface area (Å²) in [6.07, 6.45) is 1.27. The van der Waals surface area contributed by atoms with Gasteiger partial charge < -0.3 is 15.0 Å². The Bertz CT molecular complexity index is 1120. The standard InChI is InChI=1S/C21H22FN3O3S/c1-28-12-2-11-25-20(27)17-8-5-15(13-18(17)24-21(25)29)19(26)23-10-9-14-3-6-16(22)7-4-14/h3-8,13H,2,9-12H2,1H3,(H,23,26)(H,24,29). The number of hydrogen-bond donors (Lipinski definition) is 2. The van der Waals surface area contributed by atoms with Gasteiger partial charge >= 0.3 is 0 Å². The monoisotopic (exact) mass is 415 g/mol. The van der Waals surface area contributed by atoms with Crippen molar-refractivity contribution in [3.63, 3.8) is 0 Å². The number of nitrogens with one attached hydrogen (secondary N) is 2. The van der Waals surface area contributed by atoms with E-state index in [2.05, 4.69) is 10.3 Å². The number of carbonyl (C=O) groups excluding carboxylic acids is 1. The number of amides is 1. The molecule has 0 aliphatic heterocycles. The predicted molar refractivity (Wildman–Crippen MR) is 112 cm³/mol. The van der Waals surface area contributed by atoms with Crippen LogP contribution in [0.4, 0.5) is 4.39 Å². The van der Waals surface area contributed by atoms with Crippen molar-refractivity contribution in [1.29, 1.82) is 0 Å². The van der Waals surface area contributed by atoms with Crippen LogP contribution in [0.5, 0.6) is 0 Å². The highest BCUT2D eigenvalue weighted by Gasteiger charge is 2.10. The van der Waals surface area contributed by atoms with E-state index in [1.165, 1.54) is 16.7 Å². The van der Waals surface area contributed by atoms with Gasteiger partial charge in [-0.25, -0.2) is 4.39 Å². The first kappa shape index (κ1) is 20.9. The zero-order chi connectivity index (χ0) is 20.8. The summed E-state index contributed by atoms with van der Waals surface area (Å²) >= 11 is 5.30. The summed E-state index contributed by atoms with van der Waals surface area (Å²) in [7, 11) is 1.61. The van der Waals surface area contributed by atoms with E-state index >= 15 is 0 Å². The fourth-order valence-corrected chi connectivity index (χ4v) is 3.32. The smallest absolute Gasteiger partial charge is 0.262 e. The summed E-state index contributed by atoms with van der Waals surface area (Å²) in [4.78, 5) is 28.2. The number of nitrogens with zero attached hydrogens (tertiary/aromatic N) is 1. The molecule has 0 spiro atoms. The van der Waals surface area contributed by atoms with Gasteiger partial charge in [-0.15, -0.1) is 0 Å². The third-order valence-electron chi connectivity index (χ3n) is 4.59. The van der Waals surface area contributed by atoms with Crippen LogP contribution in [-0.2, 0) is 17.7 Å². The van der Waals surface area contributed by atoms with Crippen molar-refractivity contribution in [3.8, 4) is 0 Å². The highest BCUT2D eigenvalue weighted by atomic mass is 32.1. The maximum atomic E-state index is 12.9. The van der Waals surface area contributed by atoms with Gasteiger partial charge in [-0.05, 0) is 61.0 Å². The summed E-state index contributed by atoms with van der Waals surface area (Å²) in [5.74, 6) is -0.540. The lowest BCUT2D eigenvalue weighted by Gasteiger charge is -2.09. The van der Waals surface area contributed by atoms with Gasteiger partial charge in [0.15, 0.2) is 4.77 Å². The lowest BCUT2D eigenvalue weighted by atomic mass is 10.1. The Kier molecular flexibility index (Phi) is 6.90. The molecule has 0 radical (unpaired) electrons. The molecule has 0 saturated heterocycles. The van der Waals surface area contributed by atoms with Crippen molar-refractivity contribution < 1.29 is 13.9 Å². The van der Waals surface area contributed by atoms with Gasteiger partial charge in [0.1, 0.15) is 5.82 Å². The number of aromatic nitrogens is 2. The molecule has 0 saturated carbocycles. The molecule has 0 aliphatic rings. The van der Waals surface area contributed by atoms with Crippen LogP contribution in [0.15, 0.2) is 47.3 Å². The number of halogens is 1. The Morgan fingerprint density at radius 3 is 2.72 bits per heavy atom. The maximum Gasteiger partial charge on any atom is 0.262 e. The molecule has 0 unspecified atom stereocenters.